The summed E-state index contributed by atoms with van der Waals surface area (Å²) in [6.45, 7) is 0.984. The molecule has 0 amide bonds. The van der Waals surface area contributed by atoms with E-state index in [4.69, 9.17) is 5.84 Å². The number of imidazole rings is 1. The number of anilines is 1. The van der Waals surface area contributed by atoms with Crippen LogP contribution < -0.4 is 16.0 Å². The van der Waals surface area contributed by atoms with Crippen molar-refractivity contribution in [1.29, 1.82) is 0 Å². The van der Waals surface area contributed by atoms with Crippen molar-refractivity contribution >= 4 is 31.8 Å². The fourth-order valence-corrected chi connectivity index (χ4v) is 3.40. The van der Waals surface area contributed by atoms with E-state index < -0.39 is 10.0 Å². The number of hydrazine groups is 1. The van der Waals surface area contributed by atoms with Crippen molar-refractivity contribution in [3.8, 4) is 0 Å². The number of hydrogen-bond donors (Lipinski definition) is 3. The van der Waals surface area contributed by atoms with Crippen LogP contribution in [0.2, 0.25) is 0 Å². The number of pyridine rings is 1. The van der Waals surface area contributed by atoms with Gasteiger partial charge in [-0.2, -0.15) is 0 Å². The lowest BCUT2D eigenvalue weighted by Crippen LogP contribution is -2.27. The Balaban J connectivity index is 1.99. The van der Waals surface area contributed by atoms with Crippen molar-refractivity contribution in [1.82, 2.24) is 19.3 Å². The lowest BCUT2D eigenvalue weighted by molar-refractivity contribution is 0.569. The molecule has 0 aliphatic rings. The van der Waals surface area contributed by atoms with Crippen LogP contribution in [0.3, 0.4) is 0 Å². The molecule has 0 spiro atoms. The van der Waals surface area contributed by atoms with Crippen LogP contribution in [-0.2, 0) is 16.6 Å². The molecule has 0 aliphatic carbocycles. The number of nitrogens with zero attached hydrogens (tertiary/aromatic N) is 3. The third-order valence-electron chi connectivity index (χ3n) is 2.69. The topological polar surface area (TPSA) is 115 Å². The van der Waals surface area contributed by atoms with Crippen LogP contribution >= 0.6 is 15.9 Å². The first-order valence-electron chi connectivity index (χ1n) is 6.10. The fraction of sp³-hybridized carbons (Fsp3) is 0.273. The van der Waals surface area contributed by atoms with Gasteiger partial charge in [-0.25, -0.2) is 29.0 Å². The van der Waals surface area contributed by atoms with E-state index in [1.54, 1.807) is 12.5 Å². The molecular weight excluding hydrogens is 360 g/mol. The van der Waals surface area contributed by atoms with Gasteiger partial charge in [0.25, 0.3) is 0 Å². The molecule has 0 atom stereocenters. The highest BCUT2D eigenvalue weighted by Crippen LogP contribution is 2.21. The van der Waals surface area contributed by atoms with Gasteiger partial charge in [-0.15, -0.1) is 0 Å². The fourth-order valence-electron chi connectivity index (χ4n) is 1.70. The Morgan fingerprint density at radius 2 is 2.24 bits per heavy atom. The van der Waals surface area contributed by atoms with Crippen LogP contribution in [-0.4, -0.2) is 29.5 Å². The molecule has 0 fully saturated rings. The molecule has 0 unspecified atom stereocenters. The molecule has 114 valence electrons. The Labute approximate surface area is 130 Å². The molecule has 10 heteroatoms. The van der Waals surface area contributed by atoms with E-state index in [0.29, 0.717) is 24.0 Å². The number of hydrogen-bond acceptors (Lipinski definition) is 6. The second-order valence-corrected chi connectivity index (χ2v) is 6.85. The van der Waals surface area contributed by atoms with Crippen molar-refractivity contribution in [3.05, 3.63) is 35.5 Å². The Morgan fingerprint density at radius 1 is 1.43 bits per heavy atom. The predicted octanol–water partition coefficient (Wildman–Crippen LogP) is 0.695. The quantitative estimate of drug-likeness (QED) is 0.373. The molecule has 0 saturated heterocycles. The van der Waals surface area contributed by atoms with Crippen LogP contribution in [0.4, 0.5) is 5.82 Å². The molecule has 2 aromatic rings. The maximum Gasteiger partial charge on any atom is 0.244 e. The molecule has 2 aromatic heterocycles. The standard InChI is InChI=1S/C11H15BrN6O2S/c12-9-6-10(11(17-13)15-7-9)21(19,20)16-2-1-4-18-5-3-14-8-18/h3,5-8,16H,1-2,4,13H2,(H,15,17). The normalized spacial score (nSPS) is 11.5. The van der Waals surface area contributed by atoms with Crippen molar-refractivity contribution in [2.75, 3.05) is 12.0 Å². The molecule has 0 aliphatic heterocycles. The highest BCUT2D eigenvalue weighted by atomic mass is 79.9. The van der Waals surface area contributed by atoms with E-state index in [9.17, 15) is 8.42 Å². The average molecular weight is 375 g/mol. The van der Waals surface area contributed by atoms with Gasteiger partial charge >= 0.3 is 0 Å². The number of nitrogens with two attached hydrogens (primary N) is 1. The number of aromatic nitrogens is 3. The summed E-state index contributed by atoms with van der Waals surface area (Å²) in [5.74, 6) is 5.38. The predicted molar refractivity (Wildman–Crippen MR) is 81.8 cm³/mol. The van der Waals surface area contributed by atoms with Gasteiger partial charge in [-0.3, -0.25) is 0 Å². The van der Waals surface area contributed by atoms with E-state index in [2.05, 4.69) is 36.0 Å². The number of rotatable bonds is 7. The van der Waals surface area contributed by atoms with E-state index >= 15 is 0 Å². The number of aryl methyl sites for hydroxylation is 1. The number of halogens is 1. The Hall–Kier alpha value is -1.49. The highest BCUT2D eigenvalue weighted by molar-refractivity contribution is 9.10. The van der Waals surface area contributed by atoms with Crippen molar-refractivity contribution in [3.63, 3.8) is 0 Å². The van der Waals surface area contributed by atoms with Gasteiger partial charge < -0.3 is 9.99 Å². The second-order valence-electron chi connectivity index (χ2n) is 4.20. The summed E-state index contributed by atoms with van der Waals surface area (Å²) in [4.78, 5) is 7.84. The summed E-state index contributed by atoms with van der Waals surface area (Å²) in [6, 6.07) is 1.44. The number of sulfonamides is 1. The lowest BCUT2D eigenvalue weighted by Gasteiger charge is -2.10. The molecule has 21 heavy (non-hydrogen) atoms. The minimum Gasteiger partial charge on any atom is -0.337 e. The molecule has 4 N–H and O–H groups in total. The van der Waals surface area contributed by atoms with Gasteiger partial charge in [0.1, 0.15) is 4.90 Å². The third kappa shape index (κ3) is 4.24. The van der Waals surface area contributed by atoms with Crippen LogP contribution in [0, 0.1) is 0 Å². The summed E-state index contributed by atoms with van der Waals surface area (Å²) in [5, 5.41) is 0. The third-order valence-corrected chi connectivity index (χ3v) is 4.60. The van der Waals surface area contributed by atoms with Gasteiger partial charge in [-0.05, 0) is 28.4 Å². The minimum atomic E-state index is -3.68. The van der Waals surface area contributed by atoms with Crippen molar-refractivity contribution < 1.29 is 8.42 Å². The maximum atomic E-state index is 12.2. The number of nitrogen functional groups attached to an aromatic ring is 1. The highest BCUT2D eigenvalue weighted by Gasteiger charge is 2.19. The van der Waals surface area contributed by atoms with Gasteiger partial charge in [0.05, 0.1) is 6.33 Å². The van der Waals surface area contributed by atoms with E-state index in [0.717, 1.165) is 0 Å². The second kappa shape index (κ2) is 6.98. The van der Waals surface area contributed by atoms with Crippen LogP contribution in [0.5, 0.6) is 0 Å². The Bertz CT molecular complexity index is 689. The SMILES string of the molecule is NNc1ncc(Br)cc1S(=O)(=O)NCCCn1ccnc1. The first-order valence-corrected chi connectivity index (χ1v) is 8.38. The van der Waals surface area contributed by atoms with Crippen LogP contribution in [0.25, 0.3) is 0 Å². The van der Waals surface area contributed by atoms with E-state index in [1.807, 2.05) is 10.8 Å². The summed E-state index contributed by atoms with van der Waals surface area (Å²) in [6.07, 6.45) is 7.29. The van der Waals surface area contributed by atoms with Gasteiger partial charge in [0.15, 0.2) is 5.82 Å². The molecule has 0 bridgehead atoms. The maximum absolute atomic E-state index is 12.2. The Morgan fingerprint density at radius 3 is 2.90 bits per heavy atom. The van der Waals surface area contributed by atoms with E-state index in [-0.39, 0.29) is 10.7 Å². The minimum absolute atomic E-state index is 0.00186. The largest absolute Gasteiger partial charge is 0.337 e. The smallest absolute Gasteiger partial charge is 0.244 e. The first-order chi connectivity index (χ1) is 10.0. The molecule has 0 aromatic carbocycles. The zero-order valence-electron chi connectivity index (χ0n) is 11.0. The van der Waals surface area contributed by atoms with Crippen LogP contribution in [0.1, 0.15) is 6.42 Å². The average Bonchev–Trinajstić information content (AvgIpc) is 2.97. The molecule has 0 radical (unpaired) electrons. The summed E-state index contributed by atoms with van der Waals surface area (Å²) < 4.78 is 29.4. The molecule has 2 heterocycles. The van der Waals surface area contributed by atoms with E-state index in [1.165, 1.54) is 12.3 Å². The zero-order valence-corrected chi connectivity index (χ0v) is 13.4. The van der Waals surface area contributed by atoms with Crippen molar-refractivity contribution in [2.24, 2.45) is 5.84 Å². The number of nitrogens with one attached hydrogen (secondary N) is 2. The summed E-state index contributed by atoms with van der Waals surface area (Å²) >= 11 is 3.19. The van der Waals surface area contributed by atoms with Gasteiger partial charge in [0.2, 0.25) is 10.0 Å². The Kier molecular flexibility index (Phi) is 5.28. The molecule has 2 rings (SSSR count). The first kappa shape index (κ1) is 15.9. The van der Waals surface area contributed by atoms with Crippen molar-refractivity contribution in [2.45, 2.75) is 17.9 Å². The molecule has 0 saturated carbocycles. The van der Waals surface area contributed by atoms with Crippen LogP contribution in [0.15, 0.2) is 40.4 Å². The van der Waals surface area contributed by atoms with Gasteiger partial charge in [0, 0.05) is 36.2 Å². The molecule has 8 nitrogen and oxygen atoms in total. The molecular formula is C11H15BrN6O2S. The van der Waals surface area contributed by atoms with Gasteiger partial charge in [-0.1, -0.05) is 0 Å². The zero-order chi connectivity index (χ0) is 15.3. The summed E-state index contributed by atoms with van der Waals surface area (Å²) in [5.41, 5.74) is 2.28. The monoisotopic (exact) mass is 374 g/mol. The lowest BCUT2D eigenvalue weighted by atomic mass is 10.4. The summed E-state index contributed by atoms with van der Waals surface area (Å²) in [7, 11) is -3.68.